The van der Waals surface area contributed by atoms with Crippen molar-refractivity contribution in [2.24, 2.45) is 5.92 Å². The van der Waals surface area contributed by atoms with Gasteiger partial charge in [0.05, 0.1) is 17.4 Å². The van der Waals surface area contributed by atoms with Gasteiger partial charge in [-0.05, 0) is 37.6 Å². The second-order valence-electron chi connectivity index (χ2n) is 13.1. The molecule has 2 unspecified atom stereocenters. The predicted molar refractivity (Wildman–Crippen MR) is 176 cm³/mol. The number of ether oxygens (including phenoxy) is 1. The molecular formula is C34H47N5O4S. The number of likely N-dealkylation sites (N-methyl/N-ethyl adjacent to an activating group) is 1. The lowest BCUT2D eigenvalue weighted by Crippen LogP contribution is -2.54. The zero-order valence-electron chi connectivity index (χ0n) is 26.2. The first-order valence-corrected chi connectivity index (χ1v) is 17.0. The second kappa shape index (κ2) is 13.0. The molecule has 4 aliphatic heterocycles. The van der Waals surface area contributed by atoms with Crippen LogP contribution in [-0.2, 0) is 9.59 Å². The van der Waals surface area contributed by atoms with E-state index in [0.717, 1.165) is 32.6 Å². The number of carbonyl (C=O) groups excluding carboxylic acids is 3. The third-order valence-electron chi connectivity index (χ3n) is 9.55. The Hall–Kier alpha value is -3.24. The van der Waals surface area contributed by atoms with Crippen LogP contribution >= 0.6 is 11.8 Å². The van der Waals surface area contributed by atoms with Crippen LogP contribution < -0.4 is 15.0 Å². The second-order valence-corrected chi connectivity index (χ2v) is 14.4. The molecule has 2 aromatic carbocycles. The molecule has 3 saturated heterocycles. The Bertz CT molecular complexity index is 1380. The van der Waals surface area contributed by atoms with Crippen LogP contribution in [0.15, 0.2) is 48.5 Å². The number of benzene rings is 2. The lowest BCUT2D eigenvalue weighted by molar-refractivity contribution is -0.138. The van der Waals surface area contributed by atoms with E-state index in [0.29, 0.717) is 56.3 Å². The van der Waals surface area contributed by atoms with Gasteiger partial charge in [0.1, 0.15) is 16.7 Å². The highest BCUT2D eigenvalue weighted by Crippen LogP contribution is 2.47. The zero-order valence-corrected chi connectivity index (χ0v) is 27.0. The number of nitrogens with one attached hydrogen (secondary N) is 1. The minimum absolute atomic E-state index is 0. The van der Waals surface area contributed by atoms with Gasteiger partial charge in [-0.25, -0.2) is 0 Å². The number of hydrogen-bond acceptors (Lipinski definition) is 7. The van der Waals surface area contributed by atoms with E-state index < -0.39 is 10.9 Å². The zero-order chi connectivity index (χ0) is 30.8. The summed E-state index contributed by atoms with van der Waals surface area (Å²) in [6.07, 6.45) is 2.37. The molecule has 1 spiro atoms. The monoisotopic (exact) mass is 621 g/mol. The Morgan fingerprint density at radius 3 is 2.48 bits per heavy atom. The summed E-state index contributed by atoms with van der Waals surface area (Å²) in [6.45, 7) is 10.5. The number of para-hydroxylation sites is 2. The molecule has 3 fully saturated rings. The molecule has 4 aliphatic rings. The van der Waals surface area contributed by atoms with Crippen LogP contribution in [0.2, 0.25) is 0 Å². The van der Waals surface area contributed by atoms with Crippen molar-refractivity contribution >= 4 is 35.2 Å². The van der Waals surface area contributed by atoms with Crippen molar-refractivity contribution in [3.8, 4) is 5.75 Å². The number of nitrogens with zero attached hydrogens (tertiary/aromatic N) is 4. The highest BCUT2D eigenvalue weighted by molar-refractivity contribution is 8.01. The highest BCUT2D eigenvalue weighted by Gasteiger charge is 2.45. The van der Waals surface area contributed by atoms with E-state index >= 15 is 0 Å². The van der Waals surface area contributed by atoms with Crippen LogP contribution in [0.5, 0.6) is 5.75 Å². The first-order valence-electron chi connectivity index (χ1n) is 16.1. The van der Waals surface area contributed by atoms with E-state index in [9.17, 15) is 14.4 Å². The SMILES string of the molecule is CC(C)CCN1C(=O)C(CC(=O)N2CCC3(CC2)CNC(=O)c2ccccc2O3)SC1c1ccccc1N1CCN(C)CC1.[HH]. The first kappa shape index (κ1) is 30.8. The number of rotatable bonds is 7. The number of amides is 3. The number of thioether (sulfide) groups is 1. The largest absolute Gasteiger partial charge is 0.484 e. The lowest BCUT2D eigenvalue weighted by atomic mass is 9.90. The van der Waals surface area contributed by atoms with Gasteiger partial charge < -0.3 is 29.7 Å². The van der Waals surface area contributed by atoms with Crippen LogP contribution in [0.25, 0.3) is 0 Å². The number of anilines is 1. The maximum Gasteiger partial charge on any atom is 0.255 e. The van der Waals surface area contributed by atoms with E-state index in [1.807, 2.05) is 28.0 Å². The summed E-state index contributed by atoms with van der Waals surface area (Å²) in [4.78, 5) is 48.9. The van der Waals surface area contributed by atoms with Crippen LogP contribution in [0.1, 0.15) is 62.3 Å². The molecule has 0 aromatic heterocycles. The van der Waals surface area contributed by atoms with Crippen LogP contribution in [0, 0.1) is 5.92 Å². The Morgan fingerprint density at radius 1 is 1.02 bits per heavy atom. The Labute approximate surface area is 266 Å². The summed E-state index contributed by atoms with van der Waals surface area (Å²) in [5.74, 6) is 1.03. The fourth-order valence-electron chi connectivity index (χ4n) is 6.70. The van der Waals surface area contributed by atoms with Gasteiger partial charge in [0.25, 0.3) is 5.91 Å². The standard InChI is InChI=1S/C34H45N5O4S.H2/c1-24(2)12-15-39-32(42)29(44-33(39)25-8-4-6-10-27(25)37-20-18-36(3)19-21-37)22-30(40)38-16-13-34(14-17-38)23-35-31(41)26-9-5-7-11-28(26)43-34;/h4-11,24,29,33H,12-23H2,1-3H3,(H,35,41);1H. The summed E-state index contributed by atoms with van der Waals surface area (Å²) in [7, 11) is 2.16. The summed E-state index contributed by atoms with van der Waals surface area (Å²) in [6, 6.07) is 15.8. The molecular weight excluding hydrogens is 574 g/mol. The van der Waals surface area contributed by atoms with Crippen molar-refractivity contribution in [1.82, 2.24) is 20.0 Å². The summed E-state index contributed by atoms with van der Waals surface area (Å²) < 4.78 is 6.43. The number of carbonyl (C=O) groups is 3. The molecule has 1 N–H and O–H groups in total. The summed E-state index contributed by atoms with van der Waals surface area (Å²) >= 11 is 1.64. The van der Waals surface area contributed by atoms with Gasteiger partial charge in [-0.1, -0.05) is 44.2 Å². The molecule has 238 valence electrons. The van der Waals surface area contributed by atoms with Crippen molar-refractivity contribution < 1.29 is 20.5 Å². The van der Waals surface area contributed by atoms with Gasteiger partial charge in [0, 0.05) is 77.8 Å². The predicted octanol–water partition coefficient (Wildman–Crippen LogP) is 4.25. The topological polar surface area (TPSA) is 85.4 Å². The summed E-state index contributed by atoms with van der Waals surface area (Å²) in [5, 5.41) is 2.50. The van der Waals surface area contributed by atoms with E-state index in [1.165, 1.54) is 11.3 Å². The van der Waals surface area contributed by atoms with Crippen molar-refractivity contribution in [3.63, 3.8) is 0 Å². The first-order chi connectivity index (χ1) is 21.2. The normalized spacial score (nSPS) is 23.9. The van der Waals surface area contributed by atoms with Crippen molar-refractivity contribution in [2.45, 2.75) is 55.8 Å². The lowest BCUT2D eigenvalue weighted by Gasteiger charge is -2.41. The van der Waals surface area contributed by atoms with Gasteiger partial charge in [-0.3, -0.25) is 14.4 Å². The highest BCUT2D eigenvalue weighted by atomic mass is 32.2. The maximum atomic E-state index is 13.9. The summed E-state index contributed by atoms with van der Waals surface area (Å²) in [5.41, 5.74) is 2.38. The third kappa shape index (κ3) is 6.42. The average Bonchev–Trinajstić information content (AvgIpc) is 3.26. The maximum absolute atomic E-state index is 13.9. The number of fused-ring (bicyclic) bond motifs is 1. The fraction of sp³-hybridized carbons (Fsp3) is 0.559. The number of hydrogen-bond donors (Lipinski definition) is 1. The molecule has 4 heterocycles. The molecule has 0 aliphatic carbocycles. The van der Waals surface area contributed by atoms with Gasteiger partial charge in [-0.15, -0.1) is 11.8 Å². The number of likely N-dealkylation sites (tertiary alicyclic amines) is 1. The molecule has 0 bridgehead atoms. The van der Waals surface area contributed by atoms with E-state index in [-0.39, 0.29) is 30.9 Å². The minimum atomic E-state index is -0.539. The fourth-order valence-corrected chi connectivity index (χ4v) is 8.20. The molecule has 0 radical (unpaired) electrons. The molecule has 44 heavy (non-hydrogen) atoms. The van der Waals surface area contributed by atoms with Gasteiger partial charge in [-0.2, -0.15) is 0 Å². The van der Waals surface area contributed by atoms with Crippen molar-refractivity contribution in [1.29, 1.82) is 0 Å². The average molecular weight is 622 g/mol. The van der Waals surface area contributed by atoms with Crippen LogP contribution in [0.4, 0.5) is 5.69 Å². The Morgan fingerprint density at radius 2 is 1.73 bits per heavy atom. The third-order valence-corrected chi connectivity index (χ3v) is 11.0. The van der Waals surface area contributed by atoms with Gasteiger partial charge >= 0.3 is 0 Å². The van der Waals surface area contributed by atoms with E-state index in [1.54, 1.807) is 17.8 Å². The number of piperazine rings is 1. The molecule has 9 nitrogen and oxygen atoms in total. The molecule has 6 rings (SSSR count). The van der Waals surface area contributed by atoms with Crippen LogP contribution in [0.3, 0.4) is 0 Å². The smallest absolute Gasteiger partial charge is 0.255 e. The quantitative estimate of drug-likeness (QED) is 0.495. The molecule has 2 atom stereocenters. The minimum Gasteiger partial charge on any atom is -0.484 e. The van der Waals surface area contributed by atoms with E-state index in [4.69, 9.17) is 4.74 Å². The van der Waals surface area contributed by atoms with Crippen LogP contribution in [-0.4, -0.2) is 103 Å². The Balaban J connectivity index is 0.00000400. The molecule has 3 amide bonds. The Kier molecular flexibility index (Phi) is 9.10. The molecule has 2 aromatic rings. The van der Waals surface area contributed by atoms with Gasteiger partial charge in [0.15, 0.2) is 0 Å². The molecule has 0 saturated carbocycles. The van der Waals surface area contributed by atoms with Gasteiger partial charge in [0.2, 0.25) is 11.8 Å². The van der Waals surface area contributed by atoms with Crippen molar-refractivity contribution in [2.75, 3.05) is 64.3 Å². The molecule has 10 heteroatoms. The van der Waals surface area contributed by atoms with Crippen molar-refractivity contribution in [3.05, 3.63) is 59.7 Å². The van der Waals surface area contributed by atoms with E-state index in [2.05, 4.69) is 60.3 Å². The number of piperidine rings is 1.